The number of carbonyl (C=O) groups excluding carboxylic acids is 1. The minimum atomic E-state index is -0.189. The van der Waals surface area contributed by atoms with Crippen LogP contribution in [0.1, 0.15) is 22.8 Å². The predicted molar refractivity (Wildman–Crippen MR) is 89.5 cm³/mol. The number of aryl methyl sites for hydroxylation is 1. The standard InChI is InChI=1S/C17H17N5O2/c1-3-12-4-5-13(10-16(12)24-2)17(23)19-14-6-8-15(9-7-14)22-11-18-20-21-22/h4-11H,3H2,1-2H3,(H,19,23). The van der Waals surface area contributed by atoms with E-state index in [2.05, 4.69) is 20.8 Å². The molecule has 0 unspecified atom stereocenters. The van der Waals surface area contributed by atoms with Crippen LogP contribution in [0.4, 0.5) is 5.69 Å². The lowest BCUT2D eigenvalue weighted by molar-refractivity contribution is 0.102. The molecule has 1 amide bonds. The molecule has 0 saturated carbocycles. The van der Waals surface area contributed by atoms with Crippen LogP contribution in [0, 0.1) is 0 Å². The number of anilines is 1. The van der Waals surface area contributed by atoms with Gasteiger partial charge in [-0.3, -0.25) is 4.79 Å². The third kappa shape index (κ3) is 3.24. The molecule has 1 N–H and O–H groups in total. The monoisotopic (exact) mass is 323 g/mol. The van der Waals surface area contributed by atoms with Gasteiger partial charge in [-0.2, -0.15) is 0 Å². The minimum absolute atomic E-state index is 0.189. The van der Waals surface area contributed by atoms with Gasteiger partial charge in [-0.05, 0) is 58.8 Å². The van der Waals surface area contributed by atoms with Crippen molar-refractivity contribution in [1.29, 1.82) is 0 Å². The Kier molecular flexibility index (Phi) is 4.51. The third-order valence-electron chi connectivity index (χ3n) is 3.67. The van der Waals surface area contributed by atoms with Gasteiger partial charge in [0.1, 0.15) is 12.1 Å². The highest BCUT2D eigenvalue weighted by molar-refractivity contribution is 6.04. The molecule has 0 atom stereocenters. The molecule has 0 saturated heterocycles. The number of rotatable bonds is 5. The summed E-state index contributed by atoms with van der Waals surface area (Å²) in [6, 6.07) is 12.7. The van der Waals surface area contributed by atoms with Crippen LogP contribution in [-0.4, -0.2) is 33.2 Å². The van der Waals surface area contributed by atoms with Gasteiger partial charge in [-0.15, -0.1) is 5.10 Å². The number of benzene rings is 2. The lowest BCUT2D eigenvalue weighted by atomic mass is 10.1. The van der Waals surface area contributed by atoms with Gasteiger partial charge in [-0.25, -0.2) is 4.68 Å². The molecule has 7 nitrogen and oxygen atoms in total. The summed E-state index contributed by atoms with van der Waals surface area (Å²) in [5, 5.41) is 13.9. The summed E-state index contributed by atoms with van der Waals surface area (Å²) in [7, 11) is 1.61. The Balaban J connectivity index is 1.75. The third-order valence-corrected chi connectivity index (χ3v) is 3.67. The number of nitrogens with one attached hydrogen (secondary N) is 1. The van der Waals surface area contributed by atoms with E-state index in [0.717, 1.165) is 23.4 Å². The Morgan fingerprint density at radius 3 is 2.62 bits per heavy atom. The van der Waals surface area contributed by atoms with E-state index < -0.39 is 0 Å². The van der Waals surface area contributed by atoms with E-state index in [9.17, 15) is 4.79 Å². The first-order chi connectivity index (χ1) is 11.7. The quantitative estimate of drug-likeness (QED) is 0.780. The molecule has 24 heavy (non-hydrogen) atoms. The SMILES string of the molecule is CCc1ccc(C(=O)Nc2ccc(-n3cnnn3)cc2)cc1OC. The molecule has 3 aromatic rings. The van der Waals surface area contributed by atoms with Crippen molar-refractivity contribution < 1.29 is 9.53 Å². The van der Waals surface area contributed by atoms with Crippen LogP contribution in [0.3, 0.4) is 0 Å². The largest absolute Gasteiger partial charge is 0.496 e. The molecule has 2 aromatic carbocycles. The predicted octanol–water partition coefficient (Wildman–Crippen LogP) is 2.49. The fourth-order valence-electron chi connectivity index (χ4n) is 2.36. The molecule has 0 bridgehead atoms. The summed E-state index contributed by atoms with van der Waals surface area (Å²) >= 11 is 0. The van der Waals surface area contributed by atoms with Crippen LogP contribution in [0.5, 0.6) is 5.75 Å². The number of methoxy groups -OCH3 is 1. The Bertz CT molecular complexity index is 829. The van der Waals surface area contributed by atoms with Gasteiger partial charge in [-0.1, -0.05) is 13.0 Å². The fraction of sp³-hybridized carbons (Fsp3) is 0.176. The lowest BCUT2D eigenvalue weighted by Gasteiger charge is -2.10. The molecule has 1 aromatic heterocycles. The molecule has 0 fully saturated rings. The molecule has 3 rings (SSSR count). The number of hydrogen-bond acceptors (Lipinski definition) is 5. The first kappa shape index (κ1) is 15.7. The van der Waals surface area contributed by atoms with Gasteiger partial charge in [0, 0.05) is 11.3 Å². The zero-order valence-electron chi connectivity index (χ0n) is 13.4. The van der Waals surface area contributed by atoms with Gasteiger partial charge in [0.05, 0.1) is 12.8 Å². The van der Waals surface area contributed by atoms with Gasteiger partial charge in [0.25, 0.3) is 5.91 Å². The van der Waals surface area contributed by atoms with Gasteiger partial charge in [0.15, 0.2) is 0 Å². The summed E-state index contributed by atoms with van der Waals surface area (Å²) < 4.78 is 6.87. The average molecular weight is 323 g/mol. The lowest BCUT2D eigenvalue weighted by Crippen LogP contribution is -2.12. The highest BCUT2D eigenvalue weighted by Gasteiger charge is 2.10. The maximum absolute atomic E-state index is 12.4. The van der Waals surface area contributed by atoms with Crippen molar-refractivity contribution in [3.05, 3.63) is 59.9 Å². The average Bonchev–Trinajstić information content (AvgIpc) is 3.16. The van der Waals surface area contributed by atoms with E-state index >= 15 is 0 Å². The molecular formula is C17H17N5O2. The number of tetrazole rings is 1. The summed E-state index contributed by atoms with van der Waals surface area (Å²) in [5.74, 6) is 0.533. The first-order valence-electron chi connectivity index (χ1n) is 7.53. The Hall–Kier alpha value is -3.22. The second-order valence-corrected chi connectivity index (χ2v) is 5.14. The molecular weight excluding hydrogens is 306 g/mol. The van der Waals surface area contributed by atoms with E-state index in [1.165, 1.54) is 6.33 Å². The highest BCUT2D eigenvalue weighted by atomic mass is 16.5. The Labute approximate surface area is 139 Å². The Morgan fingerprint density at radius 2 is 2.00 bits per heavy atom. The van der Waals surface area contributed by atoms with Crippen LogP contribution in [0.15, 0.2) is 48.8 Å². The van der Waals surface area contributed by atoms with Crippen LogP contribution in [-0.2, 0) is 6.42 Å². The zero-order chi connectivity index (χ0) is 16.9. The van der Waals surface area contributed by atoms with E-state index in [4.69, 9.17) is 4.74 Å². The molecule has 0 aliphatic heterocycles. The molecule has 0 spiro atoms. The molecule has 0 radical (unpaired) electrons. The summed E-state index contributed by atoms with van der Waals surface area (Å²) in [6.07, 6.45) is 2.36. The second-order valence-electron chi connectivity index (χ2n) is 5.14. The number of nitrogens with zero attached hydrogens (tertiary/aromatic N) is 4. The topological polar surface area (TPSA) is 81.9 Å². The van der Waals surface area contributed by atoms with E-state index in [-0.39, 0.29) is 5.91 Å². The van der Waals surface area contributed by atoms with Gasteiger partial charge < -0.3 is 10.1 Å². The van der Waals surface area contributed by atoms with Crippen molar-refractivity contribution in [3.8, 4) is 11.4 Å². The summed E-state index contributed by atoms with van der Waals surface area (Å²) in [5.41, 5.74) is 3.12. The van der Waals surface area contributed by atoms with Crippen molar-refractivity contribution in [2.75, 3.05) is 12.4 Å². The number of hydrogen-bond donors (Lipinski definition) is 1. The van der Waals surface area contributed by atoms with Crippen LogP contribution < -0.4 is 10.1 Å². The second kappa shape index (κ2) is 6.91. The number of amides is 1. The molecule has 0 aliphatic carbocycles. The maximum Gasteiger partial charge on any atom is 0.255 e. The van der Waals surface area contributed by atoms with Crippen LogP contribution >= 0.6 is 0 Å². The molecule has 0 aliphatic rings. The summed E-state index contributed by atoms with van der Waals surface area (Å²) in [4.78, 5) is 12.4. The number of carbonyl (C=O) groups is 1. The van der Waals surface area contributed by atoms with E-state index in [0.29, 0.717) is 11.3 Å². The van der Waals surface area contributed by atoms with Crippen molar-refractivity contribution in [3.63, 3.8) is 0 Å². The van der Waals surface area contributed by atoms with Crippen LogP contribution in [0.2, 0.25) is 0 Å². The zero-order valence-corrected chi connectivity index (χ0v) is 13.4. The summed E-state index contributed by atoms with van der Waals surface area (Å²) in [6.45, 7) is 2.05. The normalized spacial score (nSPS) is 10.4. The maximum atomic E-state index is 12.4. The minimum Gasteiger partial charge on any atom is -0.496 e. The van der Waals surface area contributed by atoms with Crippen molar-refractivity contribution in [1.82, 2.24) is 20.2 Å². The molecule has 122 valence electrons. The van der Waals surface area contributed by atoms with Crippen LogP contribution in [0.25, 0.3) is 5.69 Å². The van der Waals surface area contributed by atoms with Gasteiger partial charge >= 0.3 is 0 Å². The Morgan fingerprint density at radius 1 is 1.21 bits per heavy atom. The highest BCUT2D eigenvalue weighted by Crippen LogP contribution is 2.21. The number of ether oxygens (including phenoxy) is 1. The molecule has 7 heteroatoms. The van der Waals surface area contributed by atoms with E-state index in [1.807, 2.05) is 25.1 Å². The van der Waals surface area contributed by atoms with Gasteiger partial charge in [0.2, 0.25) is 0 Å². The van der Waals surface area contributed by atoms with E-state index in [1.54, 1.807) is 36.1 Å². The van der Waals surface area contributed by atoms with Crippen molar-refractivity contribution >= 4 is 11.6 Å². The first-order valence-corrected chi connectivity index (χ1v) is 7.53. The molecule has 1 heterocycles. The number of aromatic nitrogens is 4. The van der Waals surface area contributed by atoms with Crippen molar-refractivity contribution in [2.24, 2.45) is 0 Å². The van der Waals surface area contributed by atoms with Crippen molar-refractivity contribution in [2.45, 2.75) is 13.3 Å². The smallest absolute Gasteiger partial charge is 0.255 e. The fourth-order valence-corrected chi connectivity index (χ4v) is 2.36.